The molecule has 0 aliphatic rings. The third-order valence-electron chi connectivity index (χ3n) is 4.22. The van der Waals surface area contributed by atoms with Gasteiger partial charge in [-0.15, -0.1) is 5.10 Å². The first-order chi connectivity index (χ1) is 9.92. The maximum atomic E-state index is 12.2. The van der Waals surface area contributed by atoms with Gasteiger partial charge < -0.3 is 9.16 Å². The fraction of sp³-hybridized carbons (Fsp3) is 0.750. The third kappa shape index (κ3) is 3.72. The Labute approximate surface area is 135 Å². The maximum Gasteiger partial charge on any atom is 0.357 e. The smallest absolute Gasteiger partial charge is 0.357 e. The lowest BCUT2D eigenvalue weighted by molar-refractivity contribution is 0.0509. The van der Waals surface area contributed by atoms with Crippen LogP contribution in [-0.4, -0.2) is 30.7 Å². The predicted molar refractivity (Wildman–Crippen MR) is 91.1 cm³/mol. The SMILES string of the molecule is CCOC(=O)c1c(C)c(O[Si](C)(C)C(C)(C)C)nn1C(C)C. The van der Waals surface area contributed by atoms with E-state index in [9.17, 15) is 4.79 Å². The first-order valence-electron chi connectivity index (χ1n) is 7.87. The van der Waals surface area contributed by atoms with Crippen molar-refractivity contribution in [3.8, 4) is 5.88 Å². The standard InChI is InChI=1S/C16H30N2O3Si/c1-10-20-15(19)13-12(4)14(17-18(13)11(2)3)21-22(8,9)16(5,6)7/h11H,10H2,1-9H3. The van der Waals surface area contributed by atoms with Crippen molar-refractivity contribution in [2.45, 2.75) is 72.6 Å². The molecule has 22 heavy (non-hydrogen) atoms. The van der Waals surface area contributed by atoms with E-state index in [4.69, 9.17) is 9.16 Å². The molecule has 126 valence electrons. The van der Waals surface area contributed by atoms with Crippen molar-refractivity contribution in [2.24, 2.45) is 0 Å². The summed E-state index contributed by atoms with van der Waals surface area (Å²) in [6.07, 6.45) is 0. The first-order valence-corrected chi connectivity index (χ1v) is 10.8. The summed E-state index contributed by atoms with van der Waals surface area (Å²) in [7, 11) is -2.00. The second kappa shape index (κ2) is 6.44. The number of esters is 1. The molecule has 0 bridgehead atoms. The normalized spacial score (nSPS) is 12.6. The summed E-state index contributed by atoms with van der Waals surface area (Å²) in [6.45, 7) is 18.9. The highest BCUT2D eigenvalue weighted by molar-refractivity contribution is 6.74. The topological polar surface area (TPSA) is 53.4 Å². The Hall–Kier alpha value is -1.30. The Kier molecular flexibility index (Phi) is 5.49. The highest BCUT2D eigenvalue weighted by Crippen LogP contribution is 2.38. The number of hydrogen-bond donors (Lipinski definition) is 0. The lowest BCUT2D eigenvalue weighted by atomic mass is 10.2. The van der Waals surface area contributed by atoms with Gasteiger partial charge in [0.25, 0.3) is 8.32 Å². The summed E-state index contributed by atoms with van der Waals surface area (Å²) in [5.74, 6) is 0.217. The van der Waals surface area contributed by atoms with Gasteiger partial charge in [0.15, 0.2) is 5.69 Å². The molecule has 1 rings (SSSR count). The molecule has 0 amide bonds. The highest BCUT2D eigenvalue weighted by Gasteiger charge is 2.40. The van der Waals surface area contributed by atoms with Crippen LogP contribution in [0.25, 0.3) is 0 Å². The van der Waals surface area contributed by atoms with Gasteiger partial charge in [0.05, 0.1) is 6.61 Å². The van der Waals surface area contributed by atoms with E-state index in [2.05, 4.69) is 39.0 Å². The van der Waals surface area contributed by atoms with Gasteiger partial charge in [-0.2, -0.15) is 0 Å². The van der Waals surface area contributed by atoms with Gasteiger partial charge >= 0.3 is 5.97 Å². The summed E-state index contributed by atoms with van der Waals surface area (Å²) in [5.41, 5.74) is 1.25. The molecular formula is C16H30N2O3Si. The lowest BCUT2D eigenvalue weighted by Gasteiger charge is -2.35. The fourth-order valence-electron chi connectivity index (χ4n) is 1.81. The van der Waals surface area contributed by atoms with Crippen molar-refractivity contribution in [1.29, 1.82) is 0 Å². The molecular weight excluding hydrogens is 296 g/mol. The number of carbonyl (C=O) groups excluding carboxylic acids is 1. The van der Waals surface area contributed by atoms with Crippen LogP contribution in [0, 0.1) is 6.92 Å². The molecule has 0 aliphatic carbocycles. The highest BCUT2D eigenvalue weighted by atomic mass is 28.4. The molecule has 0 saturated heterocycles. The number of hydrogen-bond acceptors (Lipinski definition) is 4. The van der Waals surface area contributed by atoms with Crippen molar-refractivity contribution >= 4 is 14.3 Å². The average Bonchev–Trinajstić information content (AvgIpc) is 2.65. The van der Waals surface area contributed by atoms with E-state index < -0.39 is 8.32 Å². The average molecular weight is 327 g/mol. The van der Waals surface area contributed by atoms with Crippen molar-refractivity contribution in [2.75, 3.05) is 6.61 Å². The summed E-state index contributed by atoms with van der Waals surface area (Å²) in [4.78, 5) is 12.2. The van der Waals surface area contributed by atoms with Gasteiger partial charge in [-0.05, 0) is 45.8 Å². The molecule has 0 aliphatic heterocycles. The van der Waals surface area contributed by atoms with E-state index in [0.717, 1.165) is 5.56 Å². The van der Waals surface area contributed by atoms with Gasteiger partial charge in [-0.25, -0.2) is 4.79 Å². The van der Waals surface area contributed by atoms with E-state index >= 15 is 0 Å². The fourth-order valence-corrected chi connectivity index (χ4v) is 2.79. The number of carbonyl (C=O) groups is 1. The zero-order valence-electron chi connectivity index (χ0n) is 15.4. The molecule has 0 radical (unpaired) electrons. The molecule has 0 fully saturated rings. The second-order valence-electron chi connectivity index (χ2n) is 7.40. The molecule has 0 aromatic carbocycles. The largest absolute Gasteiger partial charge is 0.529 e. The maximum absolute atomic E-state index is 12.2. The molecule has 1 aromatic heterocycles. The van der Waals surface area contributed by atoms with Gasteiger partial charge in [0.2, 0.25) is 5.88 Å². The van der Waals surface area contributed by atoms with Crippen LogP contribution in [0.4, 0.5) is 0 Å². The van der Waals surface area contributed by atoms with Crippen molar-refractivity contribution in [3.63, 3.8) is 0 Å². The molecule has 0 spiro atoms. The molecule has 0 saturated carbocycles. The van der Waals surface area contributed by atoms with Crippen LogP contribution in [0.15, 0.2) is 0 Å². The van der Waals surface area contributed by atoms with Gasteiger partial charge in [-0.3, -0.25) is 4.68 Å². The Morgan fingerprint density at radius 2 is 1.86 bits per heavy atom. The van der Waals surface area contributed by atoms with E-state index in [1.807, 2.05) is 20.8 Å². The van der Waals surface area contributed by atoms with Crippen LogP contribution < -0.4 is 4.43 Å². The minimum atomic E-state index is -2.00. The predicted octanol–water partition coefficient (Wildman–Crippen LogP) is 4.33. The Morgan fingerprint density at radius 3 is 2.27 bits per heavy atom. The number of ether oxygens (including phenoxy) is 1. The molecule has 0 N–H and O–H groups in total. The van der Waals surface area contributed by atoms with Crippen LogP contribution in [-0.2, 0) is 4.74 Å². The van der Waals surface area contributed by atoms with Crippen molar-refractivity contribution < 1.29 is 14.0 Å². The first kappa shape index (κ1) is 18.7. The number of aromatic nitrogens is 2. The van der Waals surface area contributed by atoms with Crippen LogP contribution >= 0.6 is 0 Å². The quantitative estimate of drug-likeness (QED) is 0.597. The van der Waals surface area contributed by atoms with E-state index in [-0.39, 0.29) is 17.0 Å². The minimum Gasteiger partial charge on any atom is -0.529 e. The summed E-state index contributed by atoms with van der Waals surface area (Å²) < 4.78 is 13.2. The Morgan fingerprint density at radius 1 is 1.32 bits per heavy atom. The van der Waals surface area contributed by atoms with E-state index in [0.29, 0.717) is 18.2 Å². The summed E-state index contributed by atoms with van der Waals surface area (Å²) in [5, 5.41) is 4.61. The van der Waals surface area contributed by atoms with Crippen LogP contribution in [0.1, 0.15) is 63.6 Å². The van der Waals surface area contributed by atoms with Crippen LogP contribution in [0.3, 0.4) is 0 Å². The van der Waals surface area contributed by atoms with Gasteiger partial charge in [0, 0.05) is 11.6 Å². The van der Waals surface area contributed by atoms with Crippen molar-refractivity contribution in [3.05, 3.63) is 11.3 Å². The zero-order valence-corrected chi connectivity index (χ0v) is 16.4. The van der Waals surface area contributed by atoms with Crippen molar-refractivity contribution in [1.82, 2.24) is 9.78 Å². The van der Waals surface area contributed by atoms with Gasteiger partial charge in [-0.1, -0.05) is 20.8 Å². The molecule has 1 heterocycles. The number of rotatable bonds is 5. The summed E-state index contributed by atoms with van der Waals surface area (Å²) in [6, 6.07) is 0.0647. The molecule has 6 heteroatoms. The minimum absolute atomic E-state index is 0.0647. The molecule has 1 aromatic rings. The van der Waals surface area contributed by atoms with E-state index in [1.54, 1.807) is 11.6 Å². The lowest BCUT2D eigenvalue weighted by Crippen LogP contribution is -2.44. The molecule has 0 atom stereocenters. The van der Waals surface area contributed by atoms with Crippen LogP contribution in [0.2, 0.25) is 18.1 Å². The monoisotopic (exact) mass is 326 g/mol. The number of nitrogens with zero attached hydrogens (tertiary/aromatic N) is 2. The summed E-state index contributed by atoms with van der Waals surface area (Å²) >= 11 is 0. The molecule has 0 unspecified atom stereocenters. The second-order valence-corrected chi connectivity index (χ2v) is 12.1. The third-order valence-corrected chi connectivity index (χ3v) is 8.54. The Bertz CT molecular complexity index is 542. The van der Waals surface area contributed by atoms with Gasteiger partial charge in [0.1, 0.15) is 0 Å². The zero-order chi connectivity index (χ0) is 17.3. The van der Waals surface area contributed by atoms with E-state index in [1.165, 1.54) is 0 Å². The Balaban J connectivity index is 3.29. The molecule has 5 nitrogen and oxygen atoms in total. The van der Waals surface area contributed by atoms with Crippen LogP contribution in [0.5, 0.6) is 5.88 Å².